The van der Waals surface area contributed by atoms with Gasteiger partial charge < -0.3 is 15.4 Å². The summed E-state index contributed by atoms with van der Waals surface area (Å²) in [6, 6.07) is 0. The standard InChI is InChI=1S/C13H26N2O2/c1-10(2)17-12(16)15(4)13(9-14)7-5-6-11(3)8-13/h10-11H,5-9,14H2,1-4H3. The van der Waals surface area contributed by atoms with Crippen molar-refractivity contribution >= 4 is 6.09 Å². The molecule has 4 heteroatoms. The summed E-state index contributed by atoms with van der Waals surface area (Å²) in [5.74, 6) is 0.626. The van der Waals surface area contributed by atoms with Gasteiger partial charge in [0.15, 0.2) is 0 Å². The Labute approximate surface area is 104 Å². The van der Waals surface area contributed by atoms with E-state index in [1.807, 2.05) is 20.9 Å². The van der Waals surface area contributed by atoms with Crippen LogP contribution in [0.4, 0.5) is 4.79 Å². The van der Waals surface area contributed by atoms with Crippen molar-refractivity contribution in [3.05, 3.63) is 0 Å². The summed E-state index contributed by atoms with van der Waals surface area (Å²) in [5.41, 5.74) is 5.72. The molecule has 1 fully saturated rings. The summed E-state index contributed by atoms with van der Waals surface area (Å²) in [6.45, 7) is 6.47. The molecular formula is C13H26N2O2. The van der Waals surface area contributed by atoms with E-state index in [1.165, 1.54) is 6.42 Å². The number of likely N-dealkylation sites (N-methyl/N-ethyl adjacent to an activating group) is 1. The molecule has 0 spiro atoms. The molecular weight excluding hydrogens is 216 g/mol. The highest BCUT2D eigenvalue weighted by atomic mass is 16.6. The molecule has 0 aromatic heterocycles. The topological polar surface area (TPSA) is 55.6 Å². The van der Waals surface area contributed by atoms with Crippen molar-refractivity contribution in [1.82, 2.24) is 4.90 Å². The number of carbonyl (C=O) groups is 1. The van der Waals surface area contributed by atoms with Crippen LogP contribution in [0.3, 0.4) is 0 Å². The zero-order valence-corrected chi connectivity index (χ0v) is 11.5. The molecule has 1 aliphatic carbocycles. The first kappa shape index (κ1) is 14.3. The zero-order chi connectivity index (χ0) is 13.1. The van der Waals surface area contributed by atoms with Gasteiger partial charge in [-0.05, 0) is 32.6 Å². The van der Waals surface area contributed by atoms with Gasteiger partial charge in [-0.1, -0.05) is 19.8 Å². The maximum Gasteiger partial charge on any atom is 0.410 e. The van der Waals surface area contributed by atoms with E-state index in [1.54, 1.807) is 4.90 Å². The molecule has 17 heavy (non-hydrogen) atoms. The molecule has 1 aliphatic rings. The summed E-state index contributed by atoms with van der Waals surface area (Å²) in [4.78, 5) is 13.7. The normalized spacial score (nSPS) is 29.2. The van der Waals surface area contributed by atoms with Crippen molar-refractivity contribution in [1.29, 1.82) is 0 Å². The van der Waals surface area contributed by atoms with Gasteiger partial charge in [0, 0.05) is 13.6 Å². The SMILES string of the molecule is CC1CCCC(CN)(N(C)C(=O)OC(C)C)C1. The van der Waals surface area contributed by atoms with E-state index in [0.717, 1.165) is 19.3 Å². The van der Waals surface area contributed by atoms with Gasteiger partial charge >= 0.3 is 6.09 Å². The van der Waals surface area contributed by atoms with Gasteiger partial charge in [0.25, 0.3) is 0 Å². The number of rotatable bonds is 3. The third kappa shape index (κ3) is 3.35. The summed E-state index contributed by atoms with van der Waals surface area (Å²) in [7, 11) is 1.82. The third-order valence-corrected chi connectivity index (χ3v) is 3.77. The second kappa shape index (κ2) is 5.71. The lowest BCUT2D eigenvalue weighted by Crippen LogP contribution is -2.57. The van der Waals surface area contributed by atoms with Crippen LogP contribution in [0.25, 0.3) is 0 Å². The lowest BCUT2D eigenvalue weighted by atomic mass is 9.75. The Morgan fingerprint density at radius 2 is 2.24 bits per heavy atom. The highest BCUT2D eigenvalue weighted by Gasteiger charge is 2.40. The minimum Gasteiger partial charge on any atom is -0.447 e. The molecule has 2 N–H and O–H groups in total. The number of amides is 1. The Morgan fingerprint density at radius 3 is 2.71 bits per heavy atom. The fraction of sp³-hybridized carbons (Fsp3) is 0.923. The molecule has 2 unspecified atom stereocenters. The number of nitrogens with two attached hydrogens (primary N) is 1. The number of hydrogen-bond acceptors (Lipinski definition) is 3. The van der Waals surface area contributed by atoms with Crippen LogP contribution < -0.4 is 5.73 Å². The molecule has 0 saturated heterocycles. The Morgan fingerprint density at radius 1 is 1.59 bits per heavy atom. The van der Waals surface area contributed by atoms with Gasteiger partial charge in [-0.3, -0.25) is 0 Å². The average molecular weight is 242 g/mol. The molecule has 0 radical (unpaired) electrons. The molecule has 0 bridgehead atoms. The van der Waals surface area contributed by atoms with Crippen LogP contribution in [-0.2, 0) is 4.74 Å². The first-order valence-corrected chi connectivity index (χ1v) is 6.56. The van der Waals surface area contributed by atoms with Crippen molar-refractivity contribution in [3.8, 4) is 0 Å². The number of nitrogens with zero attached hydrogens (tertiary/aromatic N) is 1. The fourth-order valence-corrected chi connectivity index (χ4v) is 2.73. The van der Waals surface area contributed by atoms with Crippen molar-refractivity contribution in [2.45, 2.75) is 58.1 Å². The van der Waals surface area contributed by atoms with Crippen LogP contribution in [0, 0.1) is 5.92 Å². The Balaban J connectivity index is 2.74. The molecule has 1 rings (SSSR count). The minimum absolute atomic E-state index is 0.0826. The van der Waals surface area contributed by atoms with Crippen LogP contribution in [0.1, 0.15) is 46.5 Å². The van der Waals surface area contributed by atoms with E-state index in [4.69, 9.17) is 10.5 Å². The van der Waals surface area contributed by atoms with Crippen molar-refractivity contribution < 1.29 is 9.53 Å². The number of hydrogen-bond donors (Lipinski definition) is 1. The van der Waals surface area contributed by atoms with Crippen molar-refractivity contribution in [2.24, 2.45) is 11.7 Å². The molecule has 2 atom stereocenters. The number of ether oxygens (including phenoxy) is 1. The summed E-state index contributed by atoms with van der Waals surface area (Å²) in [5, 5.41) is 0. The van der Waals surface area contributed by atoms with E-state index < -0.39 is 0 Å². The highest BCUT2D eigenvalue weighted by Crippen LogP contribution is 2.35. The summed E-state index contributed by atoms with van der Waals surface area (Å²) >= 11 is 0. The zero-order valence-electron chi connectivity index (χ0n) is 11.5. The largest absolute Gasteiger partial charge is 0.447 e. The van der Waals surface area contributed by atoms with E-state index in [2.05, 4.69) is 6.92 Å². The van der Waals surface area contributed by atoms with Gasteiger partial charge in [0.2, 0.25) is 0 Å². The van der Waals surface area contributed by atoms with Gasteiger partial charge in [-0.2, -0.15) is 0 Å². The monoisotopic (exact) mass is 242 g/mol. The van der Waals surface area contributed by atoms with E-state index in [9.17, 15) is 4.79 Å². The van der Waals surface area contributed by atoms with Gasteiger partial charge in [0.05, 0.1) is 11.6 Å². The first-order valence-electron chi connectivity index (χ1n) is 6.56. The maximum atomic E-state index is 12.0. The van der Waals surface area contributed by atoms with E-state index in [-0.39, 0.29) is 17.7 Å². The van der Waals surface area contributed by atoms with Crippen LogP contribution in [-0.4, -0.2) is 36.2 Å². The van der Waals surface area contributed by atoms with Crippen LogP contribution in [0.2, 0.25) is 0 Å². The Hall–Kier alpha value is -0.770. The highest BCUT2D eigenvalue weighted by molar-refractivity contribution is 5.68. The maximum absolute atomic E-state index is 12.0. The summed E-state index contributed by atoms with van der Waals surface area (Å²) < 4.78 is 5.26. The molecule has 4 nitrogen and oxygen atoms in total. The average Bonchev–Trinajstić information content (AvgIpc) is 2.26. The number of carbonyl (C=O) groups excluding carboxylic acids is 1. The Bertz CT molecular complexity index is 268. The predicted octanol–water partition coefficient (Wildman–Crippen LogP) is 2.37. The van der Waals surface area contributed by atoms with Gasteiger partial charge in [-0.25, -0.2) is 4.79 Å². The third-order valence-electron chi connectivity index (χ3n) is 3.77. The minimum atomic E-state index is -0.250. The van der Waals surface area contributed by atoms with Gasteiger partial charge in [0.1, 0.15) is 0 Å². The molecule has 1 saturated carbocycles. The quantitative estimate of drug-likeness (QED) is 0.826. The molecule has 0 aromatic rings. The fourth-order valence-electron chi connectivity index (χ4n) is 2.73. The first-order chi connectivity index (χ1) is 7.91. The van der Waals surface area contributed by atoms with E-state index >= 15 is 0 Å². The van der Waals surface area contributed by atoms with Crippen LogP contribution in [0.5, 0.6) is 0 Å². The second-order valence-electron chi connectivity index (χ2n) is 5.62. The molecule has 0 heterocycles. The molecule has 1 amide bonds. The van der Waals surface area contributed by atoms with E-state index in [0.29, 0.717) is 12.5 Å². The molecule has 100 valence electrons. The lowest BCUT2D eigenvalue weighted by molar-refractivity contribution is 0.0250. The lowest BCUT2D eigenvalue weighted by Gasteiger charge is -2.45. The Kier molecular flexibility index (Phi) is 4.80. The molecule has 0 aromatic carbocycles. The second-order valence-corrected chi connectivity index (χ2v) is 5.62. The smallest absolute Gasteiger partial charge is 0.410 e. The van der Waals surface area contributed by atoms with Crippen molar-refractivity contribution in [3.63, 3.8) is 0 Å². The van der Waals surface area contributed by atoms with Crippen LogP contribution >= 0.6 is 0 Å². The summed E-state index contributed by atoms with van der Waals surface area (Å²) in [6.07, 6.45) is 4.00. The molecule has 0 aliphatic heterocycles. The predicted molar refractivity (Wildman–Crippen MR) is 68.8 cm³/mol. The van der Waals surface area contributed by atoms with Crippen molar-refractivity contribution in [2.75, 3.05) is 13.6 Å². The van der Waals surface area contributed by atoms with Crippen LogP contribution in [0.15, 0.2) is 0 Å². The van der Waals surface area contributed by atoms with Gasteiger partial charge in [-0.15, -0.1) is 0 Å².